The van der Waals surface area contributed by atoms with Crippen LogP contribution in [0.3, 0.4) is 0 Å². The molecular formula is C21H20N4OS. The number of hydrogen-bond donors (Lipinski definition) is 2. The molecule has 0 aromatic heterocycles. The fourth-order valence-corrected chi connectivity index (χ4v) is 2.69. The van der Waals surface area contributed by atoms with Crippen molar-refractivity contribution >= 4 is 29.0 Å². The SMILES string of the molecule is CCCCc1ccc(NC(=O)/C(C#N)=C\Nc2ccc(SC#N)cc2)cc1. The molecular weight excluding hydrogens is 356 g/mol. The van der Waals surface area contributed by atoms with E-state index >= 15 is 0 Å². The number of thioether (sulfide) groups is 1. The van der Waals surface area contributed by atoms with Crippen molar-refractivity contribution in [3.63, 3.8) is 0 Å². The molecule has 0 spiro atoms. The van der Waals surface area contributed by atoms with Gasteiger partial charge in [0.1, 0.15) is 17.0 Å². The average molecular weight is 376 g/mol. The van der Waals surface area contributed by atoms with Crippen LogP contribution in [0.25, 0.3) is 0 Å². The lowest BCUT2D eigenvalue weighted by molar-refractivity contribution is -0.112. The summed E-state index contributed by atoms with van der Waals surface area (Å²) in [6.45, 7) is 2.15. The fourth-order valence-electron chi connectivity index (χ4n) is 2.31. The second-order valence-corrected chi connectivity index (χ2v) is 6.64. The highest BCUT2D eigenvalue weighted by molar-refractivity contribution is 8.03. The van der Waals surface area contributed by atoms with Gasteiger partial charge in [0.05, 0.1) is 0 Å². The molecule has 0 bridgehead atoms. The largest absolute Gasteiger partial charge is 0.360 e. The molecule has 2 aromatic carbocycles. The third-order valence-corrected chi connectivity index (χ3v) is 4.40. The van der Waals surface area contributed by atoms with E-state index in [1.807, 2.05) is 35.7 Å². The molecule has 0 atom stereocenters. The topological polar surface area (TPSA) is 88.7 Å². The Balaban J connectivity index is 1.97. The average Bonchev–Trinajstić information content (AvgIpc) is 2.69. The van der Waals surface area contributed by atoms with E-state index in [1.165, 1.54) is 11.8 Å². The van der Waals surface area contributed by atoms with Gasteiger partial charge in [-0.05, 0) is 66.6 Å². The number of benzene rings is 2. The quantitative estimate of drug-likeness (QED) is 0.291. The van der Waals surface area contributed by atoms with Crippen molar-refractivity contribution in [1.29, 1.82) is 10.5 Å². The van der Waals surface area contributed by atoms with Gasteiger partial charge in [-0.2, -0.15) is 10.5 Å². The number of hydrogen-bond acceptors (Lipinski definition) is 5. The minimum absolute atomic E-state index is 0.0273. The van der Waals surface area contributed by atoms with E-state index in [0.717, 1.165) is 41.6 Å². The van der Waals surface area contributed by atoms with Crippen molar-refractivity contribution in [3.8, 4) is 11.5 Å². The summed E-state index contributed by atoms with van der Waals surface area (Å²) in [5, 5.41) is 25.5. The Morgan fingerprint density at radius 3 is 2.33 bits per heavy atom. The van der Waals surface area contributed by atoms with Gasteiger partial charge in [-0.15, -0.1) is 0 Å². The van der Waals surface area contributed by atoms with E-state index in [9.17, 15) is 10.1 Å². The summed E-state index contributed by atoms with van der Waals surface area (Å²) < 4.78 is 0. The zero-order valence-corrected chi connectivity index (χ0v) is 15.8. The second-order valence-electron chi connectivity index (χ2n) is 5.79. The van der Waals surface area contributed by atoms with Crippen molar-refractivity contribution in [2.45, 2.75) is 31.1 Å². The maximum Gasteiger partial charge on any atom is 0.267 e. The second kappa shape index (κ2) is 10.7. The minimum Gasteiger partial charge on any atom is -0.360 e. The van der Waals surface area contributed by atoms with E-state index in [0.29, 0.717) is 5.69 Å². The molecule has 1 amide bonds. The first-order chi connectivity index (χ1) is 13.2. The summed E-state index contributed by atoms with van der Waals surface area (Å²) in [6, 6.07) is 16.7. The van der Waals surface area contributed by atoms with Crippen LogP contribution in [0.5, 0.6) is 0 Å². The van der Waals surface area contributed by atoms with Crippen LogP contribution in [0.1, 0.15) is 25.3 Å². The van der Waals surface area contributed by atoms with Crippen LogP contribution in [0.4, 0.5) is 11.4 Å². The summed E-state index contributed by atoms with van der Waals surface area (Å²) in [6.07, 6.45) is 4.66. The van der Waals surface area contributed by atoms with Crippen LogP contribution in [-0.2, 0) is 11.2 Å². The van der Waals surface area contributed by atoms with Gasteiger partial charge in [-0.1, -0.05) is 25.5 Å². The molecule has 0 aliphatic rings. The van der Waals surface area contributed by atoms with Crippen molar-refractivity contribution in [3.05, 3.63) is 65.9 Å². The Morgan fingerprint density at radius 2 is 1.74 bits per heavy atom. The Kier molecular flexibility index (Phi) is 7.96. The van der Waals surface area contributed by atoms with Crippen LogP contribution in [0.2, 0.25) is 0 Å². The smallest absolute Gasteiger partial charge is 0.267 e. The number of nitriles is 2. The van der Waals surface area contributed by atoms with E-state index in [-0.39, 0.29) is 5.57 Å². The van der Waals surface area contributed by atoms with Crippen molar-refractivity contribution in [1.82, 2.24) is 0 Å². The molecule has 136 valence electrons. The van der Waals surface area contributed by atoms with Gasteiger partial charge in [-0.3, -0.25) is 4.79 Å². The highest BCUT2D eigenvalue weighted by Gasteiger charge is 2.09. The van der Waals surface area contributed by atoms with Crippen LogP contribution in [0.15, 0.2) is 65.2 Å². The van der Waals surface area contributed by atoms with E-state index in [4.69, 9.17) is 5.26 Å². The predicted molar refractivity (Wildman–Crippen MR) is 109 cm³/mol. The molecule has 2 N–H and O–H groups in total. The highest BCUT2D eigenvalue weighted by Crippen LogP contribution is 2.19. The van der Waals surface area contributed by atoms with Gasteiger partial charge >= 0.3 is 0 Å². The van der Waals surface area contributed by atoms with Gasteiger partial charge in [0.2, 0.25) is 0 Å². The molecule has 0 fully saturated rings. The molecule has 2 aromatic rings. The van der Waals surface area contributed by atoms with Gasteiger partial charge in [0.15, 0.2) is 0 Å². The Hall–Kier alpha value is -3.22. The van der Waals surface area contributed by atoms with Crippen molar-refractivity contribution in [2.24, 2.45) is 0 Å². The van der Waals surface area contributed by atoms with Gasteiger partial charge < -0.3 is 10.6 Å². The molecule has 0 aliphatic carbocycles. The monoisotopic (exact) mass is 376 g/mol. The Labute approximate surface area is 163 Å². The summed E-state index contributed by atoms with van der Waals surface area (Å²) in [5.74, 6) is -0.469. The number of amides is 1. The Bertz CT molecular complexity index is 874. The van der Waals surface area contributed by atoms with Crippen LogP contribution < -0.4 is 10.6 Å². The van der Waals surface area contributed by atoms with Crippen molar-refractivity contribution in [2.75, 3.05) is 10.6 Å². The van der Waals surface area contributed by atoms with E-state index in [2.05, 4.69) is 17.6 Å². The summed E-state index contributed by atoms with van der Waals surface area (Å²) in [7, 11) is 0. The first-order valence-corrected chi connectivity index (χ1v) is 9.41. The standard InChI is InChI=1S/C21H20N4OS/c1-2-3-4-16-5-7-19(8-6-16)25-21(26)17(13-22)14-24-18-9-11-20(12-10-18)27-15-23/h5-12,14,24H,2-4H2,1H3,(H,25,26)/b17-14-. The fraction of sp³-hybridized carbons (Fsp3) is 0.190. The number of carbonyl (C=O) groups excluding carboxylic acids is 1. The summed E-state index contributed by atoms with van der Waals surface area (Å²) in [5.41, 5.74) is 2.57. The molecule has 6 heteroatoms. The van der Waals surface area contributed by atoms with Crippen LogP contribution in [-0.4, -0.2) is 5.91 Å². The lowest BCUT2D eigenvalue weighted by Crippen LogP contribution is -2.14. The predicted octanol–water partition coefficient (Wildman–Crippen LogP) is 5.06. The zero-order valence-electron chi connectivity index (χ0n) is 15.0. The van der Waals surface area contributed by atoms with Gasteiger partial charge in [0.25, 0.3) is 5.91 Å². The maximum absolute atomic E-state index is 12.3. The maximum atomic E-state index is 12.3. The third-order valence-electron chi connectivity index (χ3n) is 3.80. The van der Waals surface area contributed by atoms with Crippen LogP contribution in [0, 0.1) is 22.0 Å². The molecule has 5 nitrogen and oxygen atoms in total. The number of rotatable bonds is 8. The molecule has 27 heavy (non-hydrogen) atoms. The van der Waals surface area contributed by atoms with Crippen molar-refractivity contribution < 1.29 is 4.79 Å². The number of nitrogens with zero attached hydrogens (tertiary/aromatic N) is 2. The lowest BCUT2D eigenvalue weighted by atomic mass is 10.1. The van der Waals surface area contributed by atoms with E-state index in [1.54, 1.807) is 24.3 Å². The lowest BCUT2D eigenvalue weighted by Gasteiger charge is -2.07. The summed E-state index contributed by atoms with van der Waals surface area (Å²) in [4.78, 5) is 13.1. The molecule has 2 rings (SSSR count). The molecule has 0 radical (unpaired) electrons. The highest BCUT2D eigenvalue weighted by atomic mass is 32.2. The normalized spacial score (nSPS) is 10.6. The summed E-state index contributed by atoms with van der Waals surface area (Å²) >= 11 is 1.07. The number of anilines is 2. The number of thiocyanates is 1. The third kappa shape index (κ3) is 6.54. The van der Waals surface area contributed by atoms with Gasteiger partial charge in [0, 0.05) is 22.5 Å². The number of carbonyl (C=O) groups is 1. The van der Waals surface area contributed by atoms with Gasteiger partial charge in [-0.25, -0.2) is 0 Å². The zero-order chi connectivity index (χ0) is 19.5. The number of unbranched alkanes of at least 4 members (excludes halogenated alkanes) is 1. The number of nitrogens with one attached hydrogen (secondary N) is 2. The van der Waals surface area contributed by atoms with E-state index < -0.39 is 5.91 Å². The first kappa shape index (κ1) is 20.1. The Morgan fingerprint density at radius 1 is 1.07 bits per heavy atom. The molecule has 0 heterocycles. The first-order valence-electron chi connectivity index (χ1n) is 8.59. The molecule has 0 saturated heterocycles. The molecule has 0 aliphatic heterocycles. The molecule has 0 unspecified atom stereocenters. The van der Waals surface area contributed by atoms with Crippen LogP contribution >= 0.6 is 11.8 Å². The minimum atomic E-state index is -0.469. The molecule has 0 saturated carbocycles. The number of aryl methyl sites for hydroxylation is 1.